The summed E-state index contributed by atoms with van der Waals surface area (Å²) in [5, 5.41) is 24.2. The second-order valence-electron chi connectivity index (χ2n) is 4.57. The minimum Gasteiger partial charge on any atom is -0.507 e. The van der Waals surface area contributed by atoms with Crippen LogP contribution in [-0.2, 0) is 4.79 Å². The molecule has 0 saturated carbocycles. The lowest BCUT2D eigenvalue weighted by atomic mass is 9.99. The van der Waals surface area contributed by atoms with Crippen molar-refractivity contribution in [2.75, 3.05) is 18.4 Å². The van der Waals surface area contributed by atoms with Gasteiger partial charge in [-0.05, 0) is 31.5 Å². The Hall–Kier alpha value is -2.08. The molecule has 19 heavy (non-hydrogen) atoms. The Kier molecular flexibility index (Phi) is 4.01. The molecule has 1 aromatic carbocycles. The second-order valence-corrected chi connectivity index (χ2v) is 4.57. The van der Waals surface area contributed by atoms with E-state index in [-0.39, 0.29) is 23.1 Å². The molecule has 1 atom stereocenters. The minimum absolute atomic E-state index is 0.0879. The van der Waals surface area contributed by atoms with Crippen molar-refractivity contribution >= 4 is 17.6 Å². The van der Waals surface area contributed by atoms with Gasteiger partial charge in [-0.25, -0.2) is 4.79 Å². The fraction of sp³-hybridized carbons (Fsp3) is 0.385. The van der Waals surface area contributed by atoms with Crippen molar-refractivity contribution in [3.63, 3.8) is 0 Å². The highest BCUT2D eigenvalue weighted by atomic mass is 16.4. The van der Waals surface area contributed by atoms with Crippen molar-refractivity contribution in [3.05, 3.63) is 23.8 Å². The Morgan fingerprint density at radius 2 is 2.16 bits per heavy atom. The van der Waals surface area contributed by atoms with Gasteiger partial charge in [-0.2, -0.15) is 0 Å². The van der Waals surface area contributed by atoms with Gasteiger partial charge in [0.25, 0.3) is 0 Å². The summed E-state index contributed by atoms with van der Waals surface area (Å²) in [4.78, 5) is 22.7. The normalized spacial score (nSPS) is 18.8. The molecule has 2 rings (SSSR count). The first-order valence-electron chi connectivity index (χ1n) is 6.16. The number of phenols is 1. The first-order valence-corrected chi connectivity index (χ1v) is 6.16. The van der Waals surface area contributed by atoms with Gasteiger partial charge >= 0.3 is 5.97 Å². The third kappa shape index (κ3) is 3.23. The lowest BCUT2D eigenvalue weighted by molar-refractivity contribution is -0.120. The standard InChI is InChI=1S/C13H16N2O4/c16-11-6-9(3-4-10(11)13(18)19)15-12(17)8-2-1-5-14-7-8/h3-4,6,8,14,16H,1-2,5,7H2,(H,15,17)(H,18,19). The summed E-state index contributed by atoms with van der Waals surface area (Å²) in [6.07, 6.45) is 1.79. The molecule has 0 bridgehead atoms. The number of hydrogen-bond donors (Lipinski definition) is 4. The molecule has 0 spiro atoms. The number of carboxylic acid groups (broad SMARTS) is 1. The van der Waals surface area contributed by atoms with E-state index in [4.69, 9.17) is 5.11 Å². The number of carboxylic acids is 1. The second kappa shape index (κ2) is 5.71. The molecule has 6 heteroatoms. The maximum atomic E-state index is 11.9. The summed E-state index contributed by atoms with van der Waals surface area (Å²) in [5.41, 5.74) is 0.218. The van der Waals surface area contributed by atoms with Crippen molar-refractivity contribution in [2.24, 2.45) is 5.92 Å². The number of piperidine rings is 1. The number of rotatable bonds is 3. The van der Waals surface area contributed by atoms with Gasteiger partial charge in [0.2, 0.25) is 5.91 Å². The van der Waals surface area contributed by atoms with Crippen LogP contribution in [0.25, 0.3) is 0 Å². The third-order valence-electron chi connectivity index (χ3n) is 3.16. The number of benzene rings is 1. The Morgan fingerprint density at radius 1 is 1.37 bits per heavy atom. The van der Waals surface area contributed by atoms with Crippen molar-refractivity contribution in [3.8, 4) is 5.75 Å². The maximum absolute atomic E-state index is 11.9. The highest BCUT2D eigenvalue weighted by Crippen LogP contribution is 2.23. The Balaban J connectivity index is 2.04. The van der Waals surface area contributed by atoms with E-state index in [1.807, 2.05) is 0 Å². The van der Waals surface area contributed by atoms with Crippen LogP contribution in [-0.4, -0.2) is 35.2 Å². The molecule has 1 fully saturated rings. The highest BCUT2D eigenvalue weighted by Gasteiger charge is 2.21. The fourth-order valence-corrected chi connectivity index (χ4v) is 2.11. The quantitative estimate of drug-likeness (QED) is 0.653. The van der Waals surface area contributed by atoms with Gasteiger partial charge in [0, 0.05) is 18.3 Å². The number of amides is 1. The maximum Gasteiger partial charge on any atom is 0.339 e. The molecule has 1 aliphatic heterocycles. The molecule has 0 aromatic heterocycles. The van der Waals surface area contributed by atoms with Crippen LogP contribution in [0.2, 0.25) is 0 Å². The summed E-state index contributed by atoms with van der Waals surface area (Å²) < 4.78 is 0. The molecule has 1 aliphatic rings. The Labute approximate surface area is 110 Å². The summed E-state index contributed by atoms with van der Waals surface area (Å²) in [7, 11) is 0. The van der Waals surface area contributed by atoms with Gasteiger partial charge in [-0.1, -0.05) is 0 Å². The fourth-order valence-electron chi connectivity index (χ4n) is 2.11. The SMILES string of the molecule is O=C(O)c1ccc(NC(=O)C2CCCNC2)cc1O. The molecule has 4 N–H and O–H groups in total. The van der Waals surface area contributed by atoms with E-state index in [9.17, 15) is 14.7 Å². The number of anilines is 1. The van der Waals surface area contributed by atoms with E-state index in [1.165, 1.54) is 18.2 Å². The van der Waals surface area contributed by atoms with E-state index in [2.05, 4.69) is 10.6 Å². The van der Waals surface area contributed by atoms with E-state index in [1.54, 1.807) is 0 Å². The summed E-state index contributed by atoms with van der Waals surface area (Å²) in [5.74, 6) is -1.76. The molecule has 1 unspecified atom stereocenters. The van der Waals surface area contributed by atoms with E-state index < -0.39 is 5.97 Å². The first kappa shape index (κ1) is 13.4. The third-order valence-corrected chi connectivity index (χ3v) is 3.16. The van der Waals surface area contributed by atoms with Crippen LogP contribution in [0.4, 0.5) is 5.69 Å². The highest BCUT2D eigenvalue weighted by molar-refractivity contribution is 5.95. The van der Waals surface area contributed by atoms with Crippen molar-refractivity contribution in [2.45, 2.75) is 12.8 Å². The molecule has 0 radical (unpaired) electrons. The van der Waals surface area contributed by atoms with Gasteiger partial charge in [0.1, 0.15) is 11.3 Å². The molecular formula is C13H16N2O4. The predicted octanol–water partition coefficient (Wildman–Crippen LogP) is 1.03. The molecular weight excluding hydrogens is 248 g/mol. The average molecular weight is 264 g/mol. The Bertz CT molecular complexity index is 495. The van der Waals surface area contributed by atoms with Crippen LogP contribution < -0.4 is 10.6 Å². The molecule has 6 nitrogen and oxygen atoms in total. The molecule has 0 aliphatic carbocycles. The zero-order chi connectivity index (χ0) is 13.8. The van der Waals surface area contributed by atoms with Gasteiger partial charge in [0.05, 0.1) is 5.92 Å². The van der Waals surface area contributed by atoms with Crippen LogP contribution in [0.3, 0.4) is 0 Å². The zero-order valence-electron chi connectivity index (χ0n) is 10.3. The van der Waals surface area contributed by atoms with Crippen LogP contribution in [0.15, 0.2) is 18.2 Å². The molecule has 1 heterocycles. The van der Waals surface area contributed by atoms with Crippen LogP contribution in [0, 0.1) is 5.92 Å². The van der Waals surface area contributed by atoms with Gasteiger partial charge in [-0.15, -0.1) is 0 Å². The number of carbonyl (C=O) groups excluding carboxylic acids is 1. The molecule has 1 amide bonds. The predicted molar refractivity (Wildman–Crippen MR) is 69.3 cm³/mol. The van der Waals surface area contributed by atoms with Crippen molar-refractivity contribution in [1.82, 2.24) is 5.32 Å². The van der Waals surface area contributed by atoms with Crippen LogP contribution >= 0.6 is 0 Å². The van der Waals surface area contributed by atoms with Gasteiger partial charge in [-0.3, -0.25) is 4.79 Å². The number of nitrogens with one attached hydrogen (secondary N) is 2. The number of aromatic carboxylic acids is 1. The smallest absolute Gasteiger partial charge is 0.339 e. The number of hydrogen-bond acceptors (Lipinski definition) is 4. The van der Waals surface area contributed by atoms with Gasteiger partial charge < -0.3 is 20.8 Å². The van der Waals surface area contributed by atoms with E-state index >= 15 is 0 Å². The minimum atomic E-state index is -1.20. The summed E-state index contributed by atoms with van der Waals surface area (Å²) in [6, 6.07) is 3.99. The lowest BCUT2D eigenvalue weighted by Gasteiger charge is -2.21. The zero-order valence-corrected chi connectivity index (χ0v) is 10.3. The molecule has 102 valence electrons. The Morgan fingerprint density at radius 3 is 2.74 bits per heavy atom. The first-order chi connectivity index (χ1) is 9.08. The van der Waals surface area contributed by atoms with Gasteiger partial charge in [0.15, 0.2) is 0 Å². The topological polar surface area (TPSA) is 98.7 Å². The van der Waals surface area contributed by atoms with E-state index in [0.29, 0.717) is 12.2 Å². The number of carbonyl (C=O) groups is 2. The lowest BCUT2D eigenvalue weighted by Crippen LogP contribution is -2.37. The van der Waals surface area contributed by atoms with Crippen molar-refractivity contribution in [1.29, 1.82) is 0 Å². The van der Waals surface area contributed by atoms with Crippen molar-refractivity contribution < 1.29 is 19.8 Å². The van der Waals surface area contributed by atoms with Crippen LogP contribution in [0.5, 0.6) is 5.75 Å². The summed E-state index contributed by atoms with van der Waals surface area (Å²) in [6.45, 7) is 1.57. The average Bonchev–Trinajstić information content (AvgIpc) is 2.39. The largest absolute Gasteiger partial charge is 0.507 e. The monoisotopic (exact) mass is 264 g/mol. The van der Waals surface area contributed by atoms with E-state index in [0.717, 1.165) is 19.4 Å². The number of aromatic hydroxyl groups is 1. The molecule has 1 aromatic rings. The summed E-state index contributed by atoms with van der Waals surface area (Å²) >= 11 is 0. The molecule has 1 saturated heterocycles. The van der Waals surface area contributed by atoms with Crippen LogP contribution in [0.1, 0.15) is 23.2 Å².